The normalized spacial score (nSPS) is 12.8. The first-order chi connectivity index (χ1) is 11.4. The summed E-state index contributed by atoms with van der Waals surface area (Å²) in [7, 11) is 0. The molecule has 24 heavy (non-hydrogen) atoms. The van der Waals surface area contributed by atoms with E-state index in [0.29, 0.717) is 15.7 Å². The van der Waals surface area contributed by atoms with Crippen molar-refractivity contribution in [3.05, 3.63) is 36.0 Å². The Kier molecular flexibility index (Phi) is 6.55. The van der Waals surface area contributed by atoms with Gasteiger partial charge in [0.05, 0.1) is 11.8 Å². The third-order valence-electron chi connectivity index (χ3n) is 2.80. The number of benzene rings is 1. The van der Waals surface area contributed by atoms with Crippen molar-refractivity contribution in [2.75, 3.05) is 12.4 Å². The molecule has 10 heteroatoms. The first-order valence-electron chi connectivity index (χ1n) is 6.85. The topological polar surface area (TPSA) is 67.9 Å². The van der Waals surface area contributed by atoms with Crippen molar-refractivity contribution < 1.29 is 22.7 Å². The molecule has 0 aliphatic carbocycles. The monoisotopic (exact) mass is 377 g/mol. The molecule has 0 amide bonds. The first-order valence-corrected chi connectivity index (χ1v) is 8.72. The SMILES string of the molecule is CC(Sc1cn[nH]n1)C(=O)OCCSc1ccc(C(F)(F)F)cc1. The number of hydrogen-bond donors (Lipinski definition) is 1. The molecule has 0 radical (unpaired) electrons. The Morgan fingerprint density at radius 1 is 1.33 bits per heavy atom. The second kappa shape index (κ2) is 8.43. The molecular formula is C14H14F3N3O2S2. The summed E-state index contributed by atoms with van der Waals surface area (Å²) in [5, 5.41) is 10.1. The highest BCUT2D eigenvalue weighted by Crippen LogP contribution is 2.30. The molecule has 5 nitrogen and oxygen atoms in total. The van der Waals surface area contributed by atoms with Gasteiger partial charge in [0, 0.05) is 10.6 Å². The van der Waals surface area contributed by atoms with E-state index in [2.05, 4.69) is 15.4 Å². The number of carbonyl (C=O) groups excluding carboxylic acids is 1. The van der Waals surface area contributed by atoms with E-state index in [4.69, 9.17) is 4.74 Å². The van der Waals surface area contributed by atoms with Crippen LogP contribution >= 0.6 is 23.5 Å². The minimum atomic E-state index is -4.34. The average molecular weight is 377 g/mol. The van der Waals surface area contributed by atoms with Gasteiger partial charge in [0.1, 0.15) is 16.9 Å². The minimum absolute atomic E-state index is 0.175. The predicted molar refractivity (Wildman–Crippen MR) is 84.8 cm³/mol. The van der Waals surface area contributed by atoms with Gasteiger partial charge < -0.3 is 4.74 Å². The van der Waals surface area contributed by atoms with E-state index in [0.717, 1.165) is 12.1 Å². The fourth-order valence-corrected chi connectivity index (χ4v) is 3.10. The lowest BCUT2D eigenvalue weighted by Gasteiger charge is -2.10. The van der Waals surface area contributed by atoms with Crippen LogP contribution in [0.25, 0.3) is 0 Å². The Bertz CT molecular complexity index is 648. The van der Waals surface area contributed by atoms with Gasteiger partial charge in [0.2, 0.25) is 0 Å². The molecule has 2 aromatic rings. The number of halogens is 3. The molecule has 130 valence electrons. The number of carbonyl (C=O) groups is 1. The molecule has 2 rings (SSSR count). The Morgan fingerprint density at radius 2 is 2.04 bits per heavy atom. The summed E-state index contributed by atoms with van der Waals surface area (Å²) >= 11 is 2.54. The maximum Gasteiger partial charge on any atom is 0.416 e. The molecule has 1 heterocycles. The molecule has 1 N–H and O–H groups in total. The molecule has 0 saturated heterocycles. The number of ether oxygens (including phenoxy) is 1. The van der Waals surface area contributed by atoms with Crippen LogP contribution in [-0.2, 0) is 15.7 Å². The molecule has 0 saturated carbocycles. The quantitative estimate of drug-likeness (QED) is 0.451. The molecule has 0 aliphatic rings. The number of H-pyrrole nitrogens is 1. The Balaban J connectivity index is 1.69. The highest BCUT2D eigenvalue weighted by molar-refractivity contribution is 8.00. The van der Waals surface area contributed by atoms with Gasteiger partial charge in [-0.3, -0.25) is 4.79 Å². The summed E-state index contributed by atoms with van der Waals surface area (Å²) < 4.78 is 42.5. The number of rotatable bonds is 7. The third kappa shape index (κ3) is 5.75. The Labute approximate surface area is 144 Å². The molecule has 1 aromatic heterocycles. The van der Waals surface area contributed by atoms with Gasteiger partial charge in [-0.15, -0.1) is 16.9 Å². The second-order valence-corrected chi connectivity index (χ2v) is 7.14. The number of aromatic nitrogens is 3. The lowest BCUT2D eigenvalue weighted by molar-refractivity contribution is -0.142. The summed E-state index contributed by atoms with van der Waals surface area (Å²) in [6.07, 6.45) is -2.83. The van der Waals surface area contributed by atoms with Crippen molar-refractivity contribution in [1.82, 2.24) is 15.4 Å². The van der Waals surface area contributed by atoms with E-state index in [1.807, 2.05) is 0 Å². The van der Waals surface area contributed by atoms with Crippen molar-refractivity contribution in [2.45, 2.75) is 28.3 Å². The van der Waals surface area contributed by atoms with Crippen molar-refractivity contribution >= 4 is 29.5 Å². The van der Waals surface area contributed by atoms with Gasteiger partial charge in [-0.1, -0.05) is 11.8 Å². The first kappa shape index (κ1) is 18.7. The van der Waals surface area contributed by atoms with Gasteiger partial charge in [-0.25, -0.2) is 0 Å². The van der Waals surface area contributed by atoms with Crippen LogP contribution in [0.5, 0.6) is 0 Å². The van der Waals surface area contributed by atoms with Crippen LogP contribution in [0, 0.1) is 0 Å². The number of esters is 1. The van der Waals surface area contributed by atoms with Gasteiger partial charge in [0.15, 0.2) is 0 Å². The fraction of sp³-hybridized carbons (Fsp3) is 0.357. The van der Waals surface area contributed by atoms with Gasteiger partial charge >= 0.3 is 12.1 Å². The summed E-state index contributed by atoms with van der Waals surface area (Å²) in [6.45, 7) is 1.87. The number of nitrogens with zero attached hydrogens (tertiary/aromatic N) is 2. The zero-order valence-corrected chi connectivity index (χ0v) is 14.2. The predicted octanol–water partition coefficient (Wildman–Crippen LogP) is 3.64. The smallest absolute Gasteiger partial charge is 0.416 e. The number of nitrogens with one attached hydrogen (secondary N) is 1. The van der Waals surface area contributed by atoms with Crippen LogP contribution in [0.1, 0.15) is 12.5 Å². The van der Waals surface area contributed by atoms with E-state index in [9.17, 15) is 18.0 Å². The lowest BCUT2D eigenvalue weighted by atomic mass is 10.2. The van der Waals surface area contributed by atoms with Crippen LogP contribution in [-0.4, -0.2) is 39.0 Å². The molecule has 1 aromatic carbocycles. The maximum atomic E-state index is 12.4. The number of alkyl halides is 3. The van der Waals surface area contributed by atoms with Crippen molar-refractivity contribution in [3.63, 3.8) is 0 Å². The molecule has 0 fully saturated rings. The van der Waals surface area contributed by atoms with E-state index in [1.165, 1.54) is 41.9 Å². The Hall–Kier alpha value is -1.68. The maximum absolute atomic E-state index is 12.4. The number of aromatic amines is 1. The van der Waals surface area contributed by atoms with E-state index >= 15 is 0 Å². The molecular weight excluding hydrogens is 363 g/mol. The zero-order valence-electron chi connectivity index (χ0n) is 12.5. The van der Waals surface area contributed by atoms with Crippen LogP contribution in [0.2, 0.25) is 0 Å². The highest BCUT2D eigenvalue weighted by Gasteiger charge is 2.29. The summed E-state index contributed by atoms with van der Waals surface area (Å²) in [5.41, 5.74) is -0.683. The summed E-state index contributed by atoms with van der Waals surface area (Å²) in [6, 6.07) is 4.87. The molecule has 0 bridgehead atoms. The summed E-state index contributed by atoms with van der Waals surface area (Å²) in [5.74, 6) is 0.0781. The van der Waals surface area contributed by atoms with Crippen molar-refractivity contribution in [1.29, 1.82) is 0 Å². The van der Waals surface area contributed by atoms with E-state index in [-0.39, 0.29) is 12.6 Å². The largest absolute Gasteiger partial charge is 0.464 e. The summed E-state index contributed by atoms with van der Waals surface area (Å²) in [4.78, 5) is 12.5. The van der Waals surface area contributed by atoms with Gasteiger partial charge in [0.25, 0.3) is 0 Å². The van der Waals surface area contributed by atoms with Crippen molar-refractivity contribution in [3.8, 4) is 0 Å². The number of hydrogen-bond acceptors (Lipinski definition) is 6. The number of thioether (sulfide) groups is 2. The van der Waals surface area contributed by atoms with Gasteiger partial charge in [-0.2, -0.15) is 23.5 Å². The standard InChI is InChI=1S/C14H14F3N3O2S2/c1-9(24-12-8-18-20-19-12)13(21)22-6-7-23-11-4-2-10(3-5-11)14(15,16)17/h2-5,8-9H,6-7H2,1H3,(H,18,19,20). The van der Waals surface area contributed by atoms with E-state index in [1.54, 1.807) is 6.92 Å². The van der Waals surface area contributed by atoms with Crippen LogP contribution in [0.4, 0.5) is 13.2 Å². The molecule has 0 spiro atoms. The second-order valence-electron chi connectivity index (χ2n) is 4.61. The Morgan fingerprint density at radius 3 is 2.62 bits per heavy atom. The fourth-order valence-electron chi connectivity index (χ4n) is 1.64. The van der Waals surface area contributed by atoms with Gasteiger partial charge in [-0.05, 0) is 31.2 Å². The van der Waals surface area contributed by atoms with Crippen LogP contribution in [0.3, 0.4) is 0 Å². The average Bonchev–Trinajstić information content (AvgIpc) is 3.04. The van der Waals surface area contributed by atoms with Crippen LogP contribution in [0.15, 0.2) is 40.4 Å². The van der Waals surface area contributed by atoms with Crippen LogP contribution < -0.4 is 0 Å². The van der Waals surface area contributed by atoms with E-state index < -0.39 is 17.0 Å². The van der Waals surface area contributed by atoms with Crippen molar-refractivity contribution in [2.24, 2.45) is 0 Å². The molecule has 0 aliphatic heterocycles. The minimum Gasteiger partial charge on any atom is -0.464 e. The molecule has 1 atom stereocenters. The third-order valence-corrected chi connectivity index (χ3v) is 4.76. The lowest BCUT2D eigenvalue weighted by Crippen LogP contribution is -2.18. The highest BCUT2D eigenvalue weighted by atomic mass is 32.2. The zero-order chi connectivity index (χ0) is 17.6. The molecule has 1 unspecified atom stereocenters.